The van der Waals surface area contributed by atoms with Gasteiger partial charge in [-0.3, -0.25) is 0 Å². The largest absolute Gasteiger partial charge is 0.398 e. The highest BCUT2D eigenvalue weighted by atomic mass is 19.2. The third kappa shape index (κ3) is 1.72. The fourth-order valence-electron chi connectivity index (χ4n) is 1.09. The number of nitrogen functional groups attached to an aromatic ring is 1. The zero-order valence-electron chi connectivity index (χ0n) is 6.90. The first kappa shape index (κ1) is 8.97. The molecule has 1 rings (SSSR count). The second-order valence-electron chi connectivity index (χ2n) is 2.72. The number of hydrogen-bond donors (Lipinski definition) is 1. The van der Waals surface area contributed by atoms with Crippen molar-refractivity contribution in [1.29, 1.82) is 0 Å². The van der Waals surface area contributed by atoms with Gasteiger partial charge in [0.1, 0.15) is 0 Å². The van der Waals surface area contributed by atoms with Crippen LogP contribution in [0.2, 0.25) is 0 Å². The Morgan fingerprint density at radius 3 is 2.42 bits per heavy atom. The summed E-state index contributed by atoms with van der Waals surface area (Å²) < 4.78 is 25.2. The van der Waals surface area contributed by atoms with Gasteiger partial charge >= 0.3 is 0 Å². The molecule has 3 heteroatoms. The topological polar surface area (TPSA) is 26.0 Å². The fraction of sp³-hybridized carbons (Fsp3) is 0.333. The van der Waals surface area contributed by atoms with E-state index in [1.807, 2.05) is 6.92 Å². The Bertz CT molecular complexity index is 284. The quantitative estimate of drug-likeness (QED) is 0.680. The van der Waals surface area contributed by atoms with Crippen LogP contribution in [0.1, 0.15) is 18.9 Å². The summed E-state index contributed by atoms with van der Waals surface area (Å²) in [4.78, 5) is 0. The molecular formula is C9H11F2N. The van der Waals surface area contributed by atoms with E-state index in [9.17, 15) is 8.78 Å². The van der Waals surface area contributed by atoms with Crippen LogP contribution in [0.25, 0.3) is 0 Å². The highest BCUT2D eigenvalue weighted by Gasteiger charge is 2.05. The first-order chi connectivity index (χ1) is 5.65. The Hall–Kier alpha value is -1.12. The van der Waals surface area contributed by atoms with Crippen LogP contribution in [0.3, 0.4) is 0 Å². The molecule has 2 N–H and O–H groups in total. The number of rotatable bonds is 2. The van der Waals surface area contributed by atoms with Crippen LogP contribution in [0.4, 0.5) is 14.5 Å². The van der Waals surface area contributed by atoms with Gasteiger partial charge in [-0.2, -0.15) is 0 Å². The molecule has 0 unspecified atom stereocenters. The Balaban J connectivity index is 3.05. The maximum absolute atomic E-state index is 12.7. The summed E-state index contributed by atoms with van der Waals surface area (Å²) in [6.07, 6.45) is 1.55. The van der Waals surface area contributed by atoms with E-state index in [0.717, 1.165) is 18.6 Å². The van der Waals surface area contributed by atoms with Crippen molar-refractivity contribution in [2.24, 2.45) is 0 Å². The van der Waals surface area contributed by atoms with Gasteiger partial charge in [0.15, 0.2) is 11.6 Å². The molecule has 1 aromatic carbocycles. The van der Waals surface area contributed by atoms with Gasteiger partial charge in [0, 0.05) is 11.8 Å². The zero-order valence-corrected chi connectivity index (χ0v) is 6.90. The molecule has 0 atom stereocenters. The minimum Gasteiger partial charge on any atom is -0.398 e. The third-order valence-corrected chi connectivity index (χ3v) is 1.70. The second-order valence-corrected chi connectivity index (χ2v) is 2.72. The van der Waals surface area contributed by atoms with Gasteiger partial charge in [-0.1, -0.05) is 13.3 Å². The molecule has 0 aromatic heterocycles. The molecule has 1 aromatic rings. The summed E-state index contributed by atoms with van der Waals surface area (Å²) in [5.41, 5.74) is 6.48. The Morgan fingerprint density at radius 2 is 1.83 bits per heavy atom. The number of anilines is 1. The Labute approximate surface area is 70.2 Å². The lowest BCUT2D eigenvalue weighted by Gasteiger charge is -2.04. The summed E-state index contributed by atoms with van der Waals surface area (Å²) in [6, 6.07) is 2.19. The van der Waals surface area contributed by atoms with E-state index in [-0.39, 0.29) is 0 Å². The van der Waals surface area contributed by atoms with Gasteiger partial charge in [0.25, 0.3) is 0 Å². The molecule has 0 saturated carbocycles. The van der Waals surface area contributed by atoms with Crippen LogP contribution in [0, 0.1) is 11.6 Å². The van der Waals surface area contributed by atoms with Crippen LogP contribution < -0.4 is 5.73 Å². The molecule has 0 spiro atoms. The minimum atomic E-state index is -0.882. The van der Waals surface area contributed by atoms with Crippen molar-refractivity contribution >= 4 is 5.69 Å². The zero-order chi connectivity index (χ0) is 9.14. The molecule has 0 fully saturated rings. The molecule has 0 aliphatic rings. The van der Waals surface area contributed by atoms with E-state index in [2.05, 4.69) is 0 Å². The van der Waals surface area contributed by atoms with Crippen molar-refractivity contribution in [2.45, 2.75) is 19.8 Å². The van der Waals surface area contributed by atoms with E-state index in [4.69, 9.17) is 5.73 Å². The van der Waals surface area contributed by atoms with E-state index in [0.29, 0.717) is 17.7 Å². The lowest BCUT2D eigenvalue weighted by atomic mass is 10.1. The van der Waals surface area contributed by atoms with Crippen LogP contribution >= 0.6 is 0 Å². The number of hydrogen-bond acceptors (Lipinski definition) is 1. The molecule has 0 aliphatic carbocycles. The van der Waals surface area contributed by atoms with Crippen molar-refractivity contribution in [3.8, 4) is 0 Å². The summed E-state index contributed by atoms with van der Waals surface area (Å²) >= 11 is 0. The van der Waals surface area contributed by atoms with Crippen molar-refractivity contribution in [3.63, 3.8) is 0 Å². The van der Waals surface area contributed by atoms with E-state index in [1.54, 1.807) is 0 Å². The normalized spacial score (nSPS) is 10.2. The van der Waals surface area contributed by atoms with Crippen molar-refractivity contribution in [1.82, 2.24) is 0 Å². The third-order valence-electron chi connectivity index (χ3n) is 1.70. The standard InChI is InChI=1S/C9H11F2N/c1-2-3-6-4-7(10)8(11)5-9(6)12/h4-5H,2-3,12H2,1H3. The predicted octanol–water partition coefficient (Wildman–Crippen LogP) is 2.50. The number of nitrogens with two attached hydrogens (primary N) is 1. The first-order valence-corrected chi connectivity index (χ1v) is 3.88. The summed E-state index contributed by atoms with van der Waals surface area (Å²) in [5.74, 6) is -1.71. The van der Waals surface area contributed by atoms with Gasteiger partial charge in [-0.05, 0) is 18.1 Å². The molecule has 0 amide bonds. The first-order valence-electron chi connectivity index (χ1n) is 3.88. The van der Waals surface area contributed by atoms with Gasteiger partial charge in [0.2, 0.25) is 0 Å². The second kappa shape index (κ2) is 3.52. The van der Waals surface area contributed by atoms with Gasteiger partial charge in [-0.25, -0.2) is 8.78 Å². The van der Waals surface area contributed by atoms with E-state index in [1.165, 1.54) is 0 Å². The molecule has 0 saturated heterocycles. The summed E-state index contributed by atoms with van der Waals surface area (Å²) in [7, 11) is 0. The molecule has 12 heavy (non-hydrogen) atoms. The lowest BCUT2D eigenvalue weighted by molar-refractivity contribution is 0.507. The maximum Gasteiger partial charge on any atom is 0.160 e. The van der Waals surface area contributed by atoms with Gasteiger partial charge < -0.3 is 5.73 Å². The minimum absolute atomic E-state index is 0.329. The molecule has 0 bridgehead atoms. The summed E-state index contributed by atoms with van der Waals surface area (Å²) in [5, 5.41) is 0. The van der Waals surface area contributed by atoms with Gasteiger partial charge in [-0.15, -0.1) is 0 Å². The molecule has 66 valence electrons. The molecule has 0 aliphatic heterocycles. The number of aryl methyl sites for hydroxylation is 1. The predicted molar refractivity (Wildman–Crippen MR) is 44.8 cm³/mol. The molecular weight excluding hydrogens is 160 g/mol. The average molecular weight is 171 g/mol. The lowest BCUT2D eigenvalue weighted by Crippen LogP contribution is -1.97. The Kier molecular flexibility index (Phi) is 2.63. The van der Waals surface area contributed by atoms with Crippen molar-refractivity contribution in [2.75, 3.05) is 5.73 Å². The van der Waals surface area contributed by atoms with Crippen LogP contribution in [-0.4, -0.2) is 0 Å². The fourth-order valence-corrected chi connectivity index (χ4v) is 1.09. The molecule has 0 radical (unpaired) electrons. The average Bonchev–Trinajstić information content (AvgIpc) is 2.01. The highest BCUT2D eigenvalue weighted by Crippen LogP contribution is 2.18. The Morgan fingerprint density at radius 1 is 1.25 bits per heavy atom. The number of benzene rings is 1. The molecule has 0 heterocycles. The van der Waals surface area contributed by atoms with Crippen molar-refractivity contribution < 1.29 is 8.78 Å². The van der Waals surface area contributed by atoms with Crippen molar-refractivity contribution in [3.05, 3.63) is 29.3 Å². The highest BCUT2D eigenvalue weighted by molar-refractivity contribution is 5.47. The number of halogens is 2. The molecule has 1 nitrogen and oxygen atoms in total. The van der Waals surface area contributed by atoms with Crippen LogP contribution in [0.5, 0.6) is 0 Å². The van der Waals surface area contributed by atoms with Gasteiger partial charge in [0.05, 0.1) is 0 Å². The van der Waals surface area contributed by atoms with E-state index >= 15 is 0 Å². The monoisotopic (exact) mass is 171 g/mol. The maximum atomic E-state index is 12.7. The summed E-state index contributed by atoms with van der Waals surface area (Å²) in [6.45, 7) is 1.96. The smallest absolute Gasteiger partial charge is 0.160 e. The van der Waals surface area contributed by atoms with E-state index < -0.39 is 11.6 Å². The van der Waals surface area contributed by atoms with Crippen LogP contribution in [-0.2, 0) is 6.42 Å². The van der Waals surface area contributed by atoms with Crippen LogP contribution in [0.15, 0.2) is 12.1 Å². The SMILES string of the molecule is CCCc1cc(F)c(F)cc1N.